The standard InChI is InChI=1S/C23H24ClN3O2/c24-20-9-3-1-6-16(20)13-26-23(29)17-7-5-11-27(15-17)22(28)12-18-14-25-21-10-4-2-8-19(18)21/h1-4,6,8-10,14,17,25H,5,7,11-13,15H2,(H,26,29). The van der Waals surface area contributed by atoms with Gasteiger partial charge in [0.05, 0.1) is 12.3 Å². The second-order valence-electron chi connectivity index (χ2n) is 7.52. The molecule has 0 saturated carbocycles. The number of likely N-dealkylation sites (tertiary alicyclic amines) is 1. The van der Waals surface area contributed by atoms with E-state index >= 15 is 0 Å². The molecule has 5 nitrogen and oxygen atoms in total. The Bertz CT molecular complexity index is 1030. The van der Waals surface area contributed by atoms with Crippen LogP contribution < -0.4 is 5.32 Å². The Morgan fingerprint density at radius 3 is 2.76 bits per heavy atom. The Balaban J connectivity index is 1.35. The monoisotopic (exact) mass is 409 g/mol. The molecule has 1 unspecified atom stereocenters. The van der Waals surface area contributed by atoms with Gasteiger partial charge in [0.1, 0.15) is 0 Å². The molecular weight excluding hydrogens is 386 g/mol. The van der Waals surface area contributed by atoms with E-state index in [2.05, 4.69) is 10.3 Å². The van der Waals surface area contributed by atoms with Crippen LogP contribution in [-0.2, 0) is 22.6 Å². The number of aromatic nitrogens is 1. The molecule has 1 atom stereocenters. The van der Waals surface area contributed by atoms with Crippen LogP contribution in [-0.4, -0.2) is 34.8 Å². The summed E-state index contributed by atoms with van der Waals surface area (Å²) in [6.07, 6.45) is 3.88. The first-order valence-corrected chi connectivity index (χ1v) is 10.3. The zero-order chi connectivity index (χ0) is 20.2. The molecule has 2 aromatic carbocycles. The van der Waals surface area contributed by atoms with Gasteiger partial charge in [0, 0.05) is 41.8 Å². The van der Waals surface area contributed by atoms with Crippen LogP contribution in [0.25, 0.3) is 10.9 Å². The summed E-state index contributed by atoms with van der Waals surface area (Å²) < 4.78 is 0. The largest absolute Gasteiger partial charge is 0.361 e. The van der Waals surface area contributed by atoms with Gasteiger partial charge in [0.25, 0.3) is 0 Å². The van der Waals surface area contributed by atoms with Gasteiger partial charge in [-0.25, -0.2) is 0 Å². The van der Waals surface area contributed by atoms with Gasteiger partial charge in [0.15, 0.2) is 0 Å². The van der Waals surface area contributed by atoms with Gasteiger partial charge in [0.2, 0.25) is 11.8 Å². The number of H-pyrrole nitrogens is 1. The van der Waals surface area contributed by atoms with Crippen LogP contribution in [0.1, 0.15) is 24.0 Å². The second-order valence-corrected chi connectivity index (χ2v) is 7.93. The van der Waals surface area contributed by atoms with Crippen molar-refractivity contribution in [2.24, 2.45) is 5.92 Å². The minimum atomic E-state index is -0.182. The maximum atomic E-state index is 12.9. The molecule has 2 amide bonds. The SMILES string of the molecule is O=C(NCc1ccccc1Cl)C1CCCN(C(=O)Cc2c[nH]c3ccccc23)C1. The highest BCUT2D eigenvalue weighted by molar-refractivity contribution is 6.31. The number of rotatable bonds is 5. The number of hydrogen-bond donors (Lipinski definition) is 2. The summed E-state index contributed by atoms with van der Waals surface area (Å²) in [5.41, 5.74) is 2.92. The number of carbonyl (C=O) groups is 2. The molecule has 2 heterocycles. The Kier molecular flexibility index (Phi) is 5.86. The molecule has 4 rings (SSSR count). The van der Waals surface area contributed by atoms with Crippen molar-refractivity contribution >= 4 is 34.3 Å². The van der Waals surface area contributed by atoms with E-state index < -0.39 is 0 Å². The Labute approximate surface area is 175 Å². The van der Waals surface area contributed by atoms with Crippen molar-refractivity contribution in [2.45, 2.75) is 25.8 Å². The lowest BCUT2D eigenvalue weighted by atomic mass is 9.96. The number of aromatic amines is 1. The van der Waals surface area contributed by atoms with Gasteiger partial charge in [-0.05, 0) is 36.1 Å². The summed E-state index contributed by atoms with van der Waals surface area (Å²) in [6.45, 7) is 1.57. The van der Waals surface area contributed by atoms with Crippen molar-refractivity contribution < 1.29 is 9.59 Å². The van der Waals surface area contributed by atoms with Gasteiger partial charge in [-0.1, -0.05) is 48.0 Å². The van der Waals surface area contributed by atoms with E-state index in [0.29, 0.717) is 31.1 Å². The molecule has 0 bridgehead atoms. The number of hydrogen-bond acceptors (Lipinski definition) is 2. The van der Waals surface area contributed by atoms with E-state index in [0.717, 1.165) is 34.9 Å². The molecule has 0 aliphatic carbocycles. The smallest absolute Gasteiger partial charge is 0.227 e. The summed E-state index contributed by atoms with van der Waals surface area (Å²) in [4.78, 5) is 30.5. The highest BCUT2D eigenvalue weighted by Crippen LogP contribution is 2.22. The van der Waals surface area contributed by atoms with Crippen LogP contribution in [0.3, 0.4) is 0 Å². The summed E-state index contributed by atoms with van der Waals surface area (Å²) in [5.74, 6) is -0.133. The number of para-hydroxylation sites is 1. The van der Waals surface area contributed by atoms with Gasteiger partial charge in [-0.15, -0.1) is 0 Å². The topological polar surface area (TPSA) is 65.2 Å². The summed E-state index contributed by atoms with van der Waals surface area (Å²) in [6, 6.07) is 15.5. The molecule has 0 spiro atoms. The van der Waals surface area contributed by atoms with E-state index in [-0.39, 0.29) is 17.7 Å². The second kappa shape index (κ2) is 8.70. The molecule has 150 valence electrons. The van der Waals surface area contributed by atoms with Gasteiger partial charge in [-0.3, -0.25) is 9.59 Å². The third-order valence-corrected chi connectivity index (χ3v) is 5.94. The fourth-order valence-electron chi connectivity index (χ4n) is 3.94. The molecule has 1 aromatic heterocycles. The van der Waals surface area contributed by atoms with Gasteiger partial charge >= 0.3 is 0 Å². The number of nitrogens with one attached hydrogen (secondary N) is 2. The first-order chi connectivity index (χ1) is 14.1. The van der Waals surface area contributed by atoms with Crippen LogP contribution >= 0.6 is 11.6 Å². The van der Waals surface area contributed by atoms with E-state index in [1.807, 2.05) is 59.6 Å². The minimum Gasteiger partial charge on any atom is -0.361 e. The highest BCUT2D eigenvalue weighted by atomic mass is 35.5. The summed E-state index contributed by atoms with van der Waals surface area (Å²) >= 11 is 6.16. The maximum Gasteiger partial charge on any atom is 0.227 e. The lowest BCUT2D eigenvalue weighted by molar-refractivity contribution is -0.135. The third-order valence-electron chi connectivity index (χ3n) is 5.57. The lowest BCUT2D eigenvalue weighted by Gasteiger charge is -2.32. The van der Waals surface area contributed by atoms with Crippen LogP contribution in [0.2, 0.25) is 5.02 Å². The molecule has 0 radical (unpaired) electrons. The average molecular weight is 410 g/mol. The average Bonchev–Trinajstić information content (AvgIpc) is 3.16. The van der Waals surface area contributed by atoms with Crippen molar-refractivity contribution in [1.82, 2.24) is 15.2 Å². The molecule has 1 fully saturated rings. The Hall–Kier alpha value is -2.79. The minimum absolute atomic E-state index is 0.0190. The molecule has 1 saturated heterocycles. The fraction of sp³-hybridized carbons (Fsp3) is 0.304. The number of nitrogens with zero attached hydrogens (tertiary/aromatic N) is 1. The predicted octanol–water partition coefficient (Wildman–Crippen LogP) is 3.92. The zero-order valence-corrected chi connectivity index (χ0v) is 16.9. The number of amides is 2. The highest BCUT2D eigenvalue weighted by Gasteiger charge is 2.28. The zero-order valence-electron chi connectivity index (χ0n) is 16.2. The van der Waals surface area contributed by atoms with Crippen molar-refractivity contribution in [3.8, 4) is 0 Å². The number of halogens is 1. The van der Waals surface area contributed by atoms with Crippen LogP contribution in [0.4, 0.5) is 0 Å². The van der Waals surface area contributed by atoms with E-state index in [1.54, 1.807) is 0 Å². The van der Waals surface area contributed by atoms with E-state index in [4.69, 9.17) is 11.6 Å². The van der Waals surface area contributed by atoms with Crippen molar-refractivity contribution in [2.75, 3.05) is 13.1 Å². The molecule has 6 heteroatoms. The first kappa shape index (κ1) is 19.5. The van der Waals surface area contributed by atoms with Crippen molar-refractivity contribution in [3.63, 3.8) is 0 Å². The van der Waals surface area contributed by atoms with Crippen LogP contribution in [0.5, 0.6) is 0 Å². The molecule has 1 aliphatic heterocycles. The summed E-state index contributed by atoms with van der Waals surface area (Å²) in [5, 5.41) is 4.69. The Morgan fingerprint density at radius 2 is 1.90 bits per heavy atom. The molecular formula is C23H24ClN3O2. The molecule has 1 aliphatic rings. The van der Waals surface area contributed by atoms with Crippen LogP contribution in [0.15, 0.2) is 54.7 Å². The van der Waals surface area contributed by atoms with Crippen molar-refractivity contribution in [3.05, 3.63) is 70.9 Å². The van der Waals surface area contributed by atoms with Gasteiger partial charge < -0.3 is 15.2 Å². The maximum absolute atomic E-state index is 12.9. The normalized spacial score (nSPS) is 16.7. The predicted molar refractivity (Wildman–Crippen MR) is 115 cm³/mol. The van der Waals surface area contributed by atoms with Gasteiger partial charge in [-0.2, -0.15) is 0 Å². The van der Waals surface area contributed by atoms with Crippen molar-refractivity contribution in [1.29, 1.82) is 0 Å². The number of fused-ring (bicyclic) bond motifs is 1. The van der Waals surface area contributed by atoms with E-state index in [9.17, 15) is 9.59 Å². The lowest BCUT2D eigenvalue weighted by Crippen LogP contribution is -2.45. The fourth-order valence-corrected chi connectivity index (χ4v) is 4.14. The molecule has 3 aromatic rings. The number of piperidine rings is 1. The number of benzene rings is 2. The third kappa shape index (κ3) is 4.46. The first-order valence-electron chi connectivity index (χ1n) is 9.95. The molecule has 29 heavy (non-hydrogen) atoms. The Morgan fingerprint density at radius 1 is 1.10 bits per heavy atom. The van der Waals surface area contributed by atoms with Crippen LogP contribution in [0, 0.1) is 5.92 Å². The number of carbonyl (C=O) groups excluding carboxylic acids is 2. The quantitative estimate of drug-likeness (QED) is 0.670. The molecule has 2 N–H and O–H groups in total. The van der Waals surface area contributed by atoms with E-state index in [1.165, 1.54) is 0 Å². The summed E-state index contributed by atoms with van der Waals surface area (Å²) in [7, 11) is 0.